The summed E-state index contributed by atoms with van der Waals surface area (Å²) in [6, 6.07) is 0. The number of fused-ring (bicyclic) bond motifs is 3. The SMILES string of the molecule is C[C@H]1CC[C@H](Oc2ncnc3sc4c(c23)[C@@H](C[C@@H](O)C(N)=O)CC4)CC1. The molecule has 2 aromatic heterocycles. The van der Waals surface area contributed by atoms with Crippen molar-refractivity contribution < 1.29 is 14.6 Å². The number of nitrogens with two attached hydrogens (primary N) is 1. The third-order valence-corrected chi connectivity index (χ3v) is 6.95. The molecule has 0 bridgehead atoms. The molecular formula is C19H25N3O3S. The van der Waals surface area contributed by atoms with Gasteiger partial charge in [0.2, 0.25) is 11.8 Å². The van der Waals surface area contributed by atoms with Crippen LogP contribution < -0.4 is 10.5 Å². The summed E-state index contributed by atoms with van der Waals surface area (Å²) in [7, 11) is 0. The predicted octanol–water partition coefficient (Wildman–Crippen LogP) is 2.91. The van der Waals surface area contributed by atoms with Gasteiger partial charge in [-0.2, -0.15) is 0 Å². The molecule has 0 radical (unpaired) electrons. The first-order chi connectivity index (χ1) is 12.5. The van der Waals surface area contributed by atoms with Crippen LogP contribution in [0.25, 0.3) is 10.2 Å². The molecule has 0 saturated heterocycles. The van der Waals surface area contributed by atoms with Crippen LogP contribution in [-0.4, -0.2) is 33.2 Å². The molecule has 4 rings (SSSR count). The first-order valence-corrected chi connectivity index (χ1v) is 10.2. The number of ether oxygens (including phenoxy) is 1. The topological polar surface area (TPSA) is 98.3 Å². The highest BCUT2D eigenvalue weighted by atomic mass is 32.1. The average molecular weight is 375 g/mol. The molecule has 1 fully saturated rings. The molecule has 2 heterocycles. The molecule has 3 N–H and O–H groups in total. The Bertz CT molecular complexity index is 814. The lowest BCUT2D eigenvalue weighted by molar-refractivity contribution is -0.126. The molecule has 2 atom stereocenters. The second kappa shape index (κ2) is 7.12. The van der Waals surface area contributed by atoms with Crippen LogP contribution in [0.2, 0.25) is 0 Å². The Kier molecular flexibility index (Phi) is 4.84. The predicted molar refractivity (Wildman–Crippen MR) is 100 cm³/mol. The zero-order valence-corrected chi connectivity index (χ0v) is 15.8. The molecule has 2 aliphatic rings. The van der Waals surface area contributed by atoms with E-state index in [1.807, 2.05) is 0 Å². The molecule has 140 valence electrons. The van der Waals surface area contributed by atoms with Crippen LogP contribution in [0.3, 0.4) is 0 Å². The van der Waals surface area contributed by atoms with Gasteiger partial charge in [-0.3, -0.25) is 4.79 Å². The van der Waals surface area contributed by atoms with E-state index >= 15 is 0 Å². The van der Waals surface area contributed by atoms with Crippen molar-refractivity contribution in [2.24, 2.45) is 11.7 Å². The van der Waals surface area contributed by atoms with E-state index in [0.717, 1.165) is 47.4 Å². The van der Waals surface area contributed by atoms with Gasteiger partial charge in [0.25, 0.3) is 0 Å². The number of aryl methyl sites for hydroxylation is 1. The van der Waals surface area contributed by atoms with Crippen molar-refractivity contribution >= 4 is 27.5 Å². The van der Waals surface area contributed by atoms with Gasteiger partial charge in [0.05, 0.1) is 5.39 Å². The fraction of sp³-hybridized carbons (Fsp3) is 0.632. The lowest BCUT2D eigenvalue weighted by atomic mass is 9.89. The summed E-state index contributed by atoms with van der Waals surface area (Å²) in [5, 5.41) is 10.9. The first kappa shape index (κ1) is 17.7. The van der Waals surface area contributed by atoms with Gasteiger partial charge < -0.3 is 15.6 Å². The summed E-state index contributed by atoms with van der Waals surface area (Å²) in [6.45, 7) is 2.29. The van der Waals surface area contributed by atoms with E-state index in [1.165, 1.54) is 17.7 Å². The molecule has 0 aromatic carbocycles. The molecule has 0 aliphatic heterocycles. The average Bonchev–Trinajstić information content (AvgIpc) is 3.17. The number of hydrogen-bond acceptors (Lipinski definition) is 6. The van der Waals surface area contributed by atoms with Gasteiger partial charge in [-0.1, -0.05) is 6.92 Å². The van der Waals surface area contributed by atoms with Gasteiger partial charge in [0.1, 0.15) is 23.4 Å². The number of nitrogens with zero attached hydrogens (tertiary/aromatic N) is 2. The Morgan fingerprint density at radius 1 is 1.35 bits per heavy atom. The molecule has 1 saturated carbocycles. The lowest BCUT2D eigenvalue weighted by Gasteiger charge is -2.26. The highest BCUT2D eigenvalue weighted by molar-refractivity contribution is 7.19. The van der Waals surface area contributed by atoms with Gasteiger partial charge in [-0.15, -0.1) is 11.3 Å². The van der Waals surface area contributed by atoms with Crippen molar-refractivity contribution in [2.75, 3.05) is 0 Å². The monoisotopic (exact) mass is 375 g/mol. The molecule has 1 amide bonds. The Morgan fingerprint density at radius 3 is 2.85 bits per heavy atom. The zero-order chi connectivity index (χ0) is 18.3. The highest BCUT2D eigenvalue weighted by Gasteiger charge is 2.33. The van der Waals surface area contributed by atoms with E-state index in [4.69, 9.17) is 10.5 Å². The van der Waals surface area contributed by atoms with Crippen LogP contribution in [0.1, 0.15) is 61.8 Å². The summed E-state index contributed by atoms with van der Waals surface area (Å²) >= 11 is 1.67. The van der Waals surface area contributed by atoms with Crippen LogP contribution in [0.4, 0.5) is 0 Å². The number of aliphatic hydroxyl groups excluding tert-OH is 1. The van der Waals surface area contributed by atoms with E-state index in [1.54, 1.807) is 17.7 Å². The van der Waals surface area contributed by atoms with Crippen LogP contribution in [-0.2, 0) is 11.2 Å². The van der Waals surface area contributed by atoms with Gasteiger partial charge in [-0.05, 0) is 62.3 Å². The van der Waals surface area contributed by atoms with Crippen LogP contribution in [0.15, 0.2) is 6.33 Å². The maximum absolute atomic E-state index is 11.3. The zero-order valence-electron chi connectivity index (χ0n) is 15.0. The molecule has 6 nitrogen and oxygen atoms in total. The van der Waals surface area contributed by atoms with Crippen molar-refractivity contribution in [3.8, 4) is 5.88 Å². The van der Waals surface area contributed by atoms with Crippen molar-refractivity contribution in [2.45, 2.75) is 70.0 Å². The lowest BCUT2D eigenvalue weighted by Crippen LogP contribution is -2.29. The molecular weight excluding hydrogens is 350 g/mol. The fourth-order valence-corrected chi connectivity index (χ4v) is 5.49. The van der Waals surface area contributed by atoms with E-state index in [-0.39, 0.29) is 12.0 Å². The summed E-state index contributed by atoms with van der Waals surface area (Å²) in [4.78, 5) is 22.4. The number of carbonyl (C=O) groups excluding carboxylic acids is 1. The number of rotatable bonds is 5. The van der Waals surface area contributed by atoms with Gasteiger partial charge >= 0.3 is 0 Å². The minimum atomic E-state index is -1.12. The number of aliphatic hydroxyl groups is 1. The van der Waals surface area contributed by atoms with Crippen molar-refractivity contribution in [3.63, 3.8) is 0 Å². The van der Waals surface area contributed by atoms with Crippen molar-refractivity contribution in [1.82, 2.24) is 9.97 Å². The number of hydrogen-bond donors (Lipinski definition) is 2. The normalized spacial score (nSPS) is 26.6. The van der Waals surface area contributed by atoms with Crippen LogP contribution in [0, 0.1) is 5.92 Å². The Labute approximate surface area is 156 Å². The molecule has 0 spiro atoms. The number of amides is 1. The standard InChI is InChI=1S/C19H25N3O3S/c1-10-2-5-12(6-3-10)25-18-16-15-11(8-13(23)17(20)24)4-7-14(15)26-19(16)22-9-21-18/h9-13,23H,2-8H2,1H3,(H2,20,24)/t10-,11-,12-,13-/m1/s1. The Balaban J connectivity index is 1.64. The number of primary amides is 1. The minimum absolute atomic E-state index is 0.0981. The second-order valence-electron chi connectivity index (χ2n) is 7.69. The van der Waals surface area contributed by atoms with Crippen LogP contribution >= 0.6 is 11.3 Å². The second-order valence-corrected chi connectivity index (χ2v) is 8.77. The largest absolute Gasteiger partial charge is 0.474 e. The molecule has 0 unspecified atom stereocenters. The smallest absolute Gasteiger partial charge is 0.246 e. The summed E-state index contributed by atoms with van der Waals surface area (Å²) in [6.07, 6.45) is 7.36. The van der Waals surface area contributed by atoms with E-state index in [2.05, 4.69) is 16.9 Å². The third kappa shape index (κ3) is 3.30. The van der Waals surface area contributed by atoms with Crippen molar-refractivity contribution in [3.05, 3.63) is 16.8 Å². The van der Waals surface area contributed by atoms with E-state index < -0.39 is 12.0 Å². The Morgan fingerprint density at radius 2 is 2.12 bits per heavy atom. The molecule has 2 aromatic rings. The maximum atomic E-state index is 11.3. The van der Waals surface area contributed by atoms with Crippen molar-refractivity contribution in [1.29, 1.82) is 0 Å². The number of carbonyl (C=O) groups is 1. The quantitative estimate of drug-likeness (QED) is 0.837. The summed E-state index contributed by atoms with van der Waals surface area (Å²) < 4.78 is 6.30. The summed E-state index contributed by atoms with van der Waals surface area (Å²) in [5.41, 5.74) is 6.41. The minimum Gasteiger partial charge on any atom is -0.474 e. The fourth-order valence-electron chi connectivity index (χ4n) is 4.26. The van der Waals surface area contributed by atoms with Gasteiger partial charge in [0, 0.05) is 4.88 Å². The van der Waals surface area contributed by atoms with E-state index in [9.17, 15) is 9.90 Å². The van der Waals surface area contributed by atoms with Gasteiger partial charge in [-0.25, -0.2) is 9.97 Å². The third-order valence-electron chi connectivity index (χ3n) is 5.77. The number of thiophene rings is 1. The number of aromatic nitrogens is 2. The van der Waals surface area contributed by atoms with Crippen LogP contribution in [0.5, 0.6) is 5.88 Å². The Hall–Kier alpha value is -1.73. The highest BCUT2D eigenvalue weighted by Crippen LogP contribution is 2.47. The van der Waals surface area contributed by atoms with E-state index in [0.29, 0.717) is 12.3 Å². The molecule has 2 aliphatic carbocycles. The maximum Gasteiger partial charge on any atom is 0.246 e. The molecule has 26 heavy (non-hydrogen) atoms. The first-order valence-electron chi connectivity index (χ1n) is 9.43. The van der Waals surface area contributed by atoms with Gasteiger partial charge in [0.15, 0.2) is 0 Å². The summed E-state index contributed by atoms with van der Waals surface area (Å²) in [5.74, 6) is 0.862. The molecule has 7 heteroatoms.